The van der Waals surface area contributed by atoms with Crippen LogP contribution in [0.2, 0.25) is 0 Å². The summed E-state index contributed by atoms with van der Waals surface area (Å²) in [5.41, 5.74) is 1.17. The molecule has 0 spiro atoms. The first-order chi connectivity index (χ1) is 22.0. The van der Waals surface area contributed by atoms with Crippen molar-refractivity contribution in [3.63, 3.8) is 0 Å². The number of nitrogens with zero attached hydrogens (tertiary/aromatic N) is 2. The van der Waals surface area contributed by atoms with Gasteiger partial charge in [0.1, 0.15) is 17.6 Å². The summed E-state index contributed by atoms with van der Waals surface area (Å²) in [6, 6.07) is 23.2. The molecule has 0 unspecified atom stereocenters. The van der Waals surface area contributed by atoms with E-state index >= 15 is 0 Å². The van der Waals surface area contributed by atoms with Gasteiger partial charge in [-0.15, -0.1) is 0 Å². The number of aliphatic hydroxyl groups is 1. The van der Waals surface area contributed by atoms with Crippen molar-refractivity contribution in [3.05, 3.63) is 90.5 Å². The van der Waals surface area contributed by atoms with Crippen molar-refractivity contribution in [3.8, 4) is 11.5 Å². The van der Waals surface area contributed by atoms with Gasteiger partial charge in [-0.1, -0.05) is 43.3 Å². The minimum atomic E-state index is -3.87. The van der Waals surface area contributed by atoms with Gasteiger partial charge in [-0.25, -0.2) is 13.2 Å². The lowest BCUT2D eigenvalue weighted by Crippen LogP contribution is -2.50. The van der Waals surface area contributed by atoms with Gasteiger partial charge in [-0.05, 0) is 60.8 Å². The predicted octanol–water partition coefficient (Wildman–Crippen LogP) is 5.03. The van der Waals surface area contributed by atoms with Gasteiger partial charge in [-0.3, -0.25) is 4.79 Å². The molecule has 46 heavy (non-hydrogen) atoms. The van der Waals surface area contributed by atoms with Gasteiger partial charge < -0.3 is 30.1 Å². The van der Waals surface area contributed by atoms with E-state index in [-0.39, 0.29) is 47.7 Å². The molecule has 4 aromatic rings. The second kappa shape index (κ2) is 13.8. The maximum Gasteiger partial charge on any atom is 0.323 e. The molecule has 0 saturated carbocycles. The van der Waals surface area contributed by atoms with Crippen LogP contribution in [0, 0.1) is 5.92 Å². The Hall–Kier alpha value is -4.65. The Balaban J connectivity index is 1.40. The molecule has 0 bridgehead atoms. The van der Waals surface area contributed by atoms with E-state index in [9.17, 15) is 23.1 Å². The van der Waals surface area contributed by atoms with Gasteiger partial charge in [0.2, 0.25) is 10.0 Å². The number of sulfonamides is 1. The number of amides is 3. The SMILES string of the molecule is COc1ccc(S(=O)(=O)N(C)C[C@@H]2Oc3ccc(NC(=O)Nc4cccc5ccccc45)cc3C(=O)N([C@@H](C)CO)C[C@@H]2C)cc1. The third-order valence-electron chi connectivity index (χ3n) is 8.17. The molecule has 0 aromatic heterocycles. The number of anilines is 2. The zero-order valence-corrected chi connectivity index (χ0v) is 27.0. The molecule has 242 valence electrons. The fourth-order valence-corrected chi connectivity index (χ4v) is 6.60. The summed E-state index contributed by atoms with van der Waals surface area (Å²) >= 11 is 0. The third-order valence-corrected chi connectivity index (χ3v) is 10.0. The number of benzene rings is 4. The van der Waals surface area contributed by atoms with Crippen LogP contribution in [0.15, 0.2) is 89.8 Å². The average Bonchev–Trinajstić information content (AvgIpc) is 3.06. The van der Waals surface area contributed by atoms with Crippen LogP contribution in [0.4, 0.5) is 16.2 Å². The molecule has 0 saturated heterocycles. The Labute approximate surface area is 268 Å². The zero-order chi connectivity index (χ0) is 33.0. The minimum absolute atomic E-state index is 0.00204. The highest BCUT2D eigenvalue weighted by molar-refractivity contribution is 7.89. The number of methoxy groups -OCH3 is 1. The number of nitrogens with one attached hydrogen (secondary N) is 2. The van der Waals surface area contributed by atoms with Gasteiger partial charge >= 0.3 is 6.03 Å². The molecule has 1 heterocycles. The van der Waals surface area contributed by atoms with Crippen molar-refractivity contribution in [1.82, 2.24) is 9.21 Å². The Morgan fingerprint density at radius 3 is 2.50 bits per heavy atom. The first-order valence-electron chi connectivity index (χ1n) is 14.9. The lowest BCUT2D eigenvalue weighted by Gasteiger charge is -2.38. The zero-order valence-electron chi connectivity index (χ0n) is 26.1. The van der Waals surface area contributed by atoms with Gasteiger partial charge in [0.15, 0.2) is 0 Å². The fourth-order valence-electron chi connectivity index (χ4n) is 5.42. The standard InChI is InChI=1S/C34H38N4O7S/c1-22-19-38(23(2)21-39)33(40)29-18-25(35-34(41)36-30-11-7-9-24-8-5-6-10-28(24)30)12-17-31(29)45-32(22)20-37(3)46(42,43)27-15-13-26(44-4)14-16-27/h5-18,22-23,32,39H,19-21H2,1-4H3,(H2,35,36,41)/t22-,23-,32-/m0/s1. The summed E-state index contributed by atoms with van der Waals surface area (Å²) in [6.07, 6.45) is -0.647. The number of likely N-dealkylation sites (N-methyl/N-ethyl adjacent to an activating group) is 1. The van der Waals surface area contributed by atoms with E-state index in [1.807, 2.05) is 43.3 Å². The first kappa shape index (κ1) is 32.7. The van der Waals surface area contributed by atoms with E-state index in [0.717, 1.165) is 10.8 Å². The second-order valence-corrected chi connectivity index (χ2v) is 13.4. The normalized spacial score (nSPS) is 17.4. The molecule has 1 aliphatic heterocycles. The lowest BCUT2D eigenvalue weighted by atomic mass is 9.99. The van der Waals surface area contributed by atoms with Crippen LogP contribution < -0.4 is 20.1 Å². The molecule has 3 atom stereocenters. The van der Waals surface area contributed by atoms with Gasteiger partial charge in [0.25, 0.3) is 5.91 Å². The van der Waals surface area contributed by atoms with Crippen LogP contribution in [0.5, 0.6) is 11.5 Å². The molecular formula is C34H38N4O7S. The monoisotopic (exact) mass is 646 g/mol. The number of hydrogen-bond donors (Lipinski definition) is 3. The number of hydrogen-bond acceptors (Lipinski definition) is 7. The number of ether oxygens (including phenoxy) is 2. The van der Waals surface area contributed by atoms with Crippen LogP contribution in [0.3, 0.4) is 0 Å². The third kappa shape index (κ3) is 6.94. The van der Waals surface area contributed by atoms with E-state index < -0.39 is 28.2 Å². The van der Waals surface area contributed by atoms with Crippen LogP contribution in [-0.4, -0.2) is 80.7 Å². The van der Waals surface area contributed by atoms with E-state index in [2.05, 4.69) is 10.6 Å². The molecular weight excluding hydrogens is 608 g/mol. The molecule has 3 amide bonds. The largest absolute Gasteiger partial charge is 0.497 e. The summed E-state index contributed by atoms with van der Waals surface area (Å²) in [4.78, 5) is 28.5. The van der Waals surface area contributed by atoms with Gasteiger partial charge in [0.05, 0.1) is 42.4 Å². The fraction of sp³-hybridized carbons (Fsp3) is 0.294. The summed E-state index contributed by atoms with van der Waals surface area (Å²) in [5, 5.41) is 17.5. The Morgan fingerprint density at radius 2 is 1.78 bits per heavy atom. The van der Waals surface area contributed by atoms with Crippen LogP contribution >= 0.6 is 0 Å². The highest BCUT2D eigenvalue weighted by atomic mass is 32.2. The molecule has 4 aromatic carbocycles. The van der Waals surface area contributed by atoms with Crippen molar-refractivity contribution in [1.29, 1.82) is 0 Å². The maximum atomic E-state index is 13.8. The van der Waals surface area contributed by atoms with Crippen LogP contribution in [0.25, 0.3) is 10.8 Å². The van der Waals surface area contributed by atoms with Crippen molar-refractivity contribution >= 4 is 44.1 Å². The van der Waals surface area contributed by atoms with E-state index in [0.29, 0.717) is 17.1 Å². The minimum Gasteiger partial charge on any atom is -0.497 e. The van der Waals surface area contributed by atoms with Gasteiger partial charge in [0, 0.05) is 30.6 Å². The number of aliphatic hydroxyl groups excluding tert-OH is 1. The van der Waals surface area contributed by atoms with E-state index in [1.54, 1.807) is 42.2 Å². The molecule has 0 radical (unpaired) electrons. The van der Waals surface area contributed by atoms with Crippen LogP contribution in [0.1, 0.15) is 24.2 Å². The Bertz CT molecular complexity index is 1830. The number of carbonyl (C=O) groups excluding carboxylic acids is 2. The summed E-state index contributed by atoms with van der Waals surface area (Å²) < 4.78 is 39.6. The van der Waals surface area contributed by atoms with Gasteiger partial charge in [-0.2, -0.15) is 4.31 Å². The molecule has 0 aliphatic carbocycles. The predicted molar refractivity (Wildman–Crippen MR) is 177 cm³/mol. The summed E-state index contributed by atoms with van der Waals surface area (Å²) in [7, 11) is -0.879. The lowest BCUT2D eigenvalue weighted by molar-refractivity contribution is 0.0387. The first-order valence-corrected chi connectivity index (χ1v) is 16.3. The second-order valence-electron chi connectivity index (χ2n) is 11.4. The van der Waals surface area contributed by atoms with Crippen molar-refractivity contribution < 1.29 is 32.6 Å². The van der Waals surface area contributed by atoms with Crippen LogP contribution in [-0.2, 0) is 10.0 Å². The molecule has 3 N–H and O–H groups in total. The Kier molecular flexibility index (Phi) is 9.80. The average molecular weight is 647 g/mol. The van der Waals surface area contributed by atoms with Crippen molar-refractivity contribution in [2.24, 2.45) is 5.92 Å². The molecule has 12 heteroatoms. The van der Waals surface area contributed by atoms with Crippen molar-refractivity contribution in [2.45, 2.75) is 30.9 Å². The van der Waals surface area contributed by atoms with Crippen molar-refractivity contribution in [2.75, 3.05) is 44.5 Å². The summed E-state index contributed by atoms with van der Waals surface area (Å²) in [5.74, 6) is 0.104. The number of urea groups is 1. The molecule has 1 aliphatic rings. The molecule has 11 nitrogen and oxygen atoms in total. The number of carbonyl (C=O) groups is 2. The molecule has 0 fully saturated rings. The van der Waals surface area contributed by atoms with E-state index in [1.165, 1.54) is 36.7 Å². The number of fused-ring (bicyclic) bond motifs is 2. The topological polar surface area (TPSA) is 138 Å². The highest BCUT2D eigenvalue weighted by Gasteiger charge is 2.35. The maximum absolute atomic E-state index is 13.8. The highest BCUT2D eigenvalue weighted by Crippen LogP contribution is 2.32. The quantitative estimate of drug-likeness (QED) is 0.232. The summed E-state index contributed by atoms with van der Waals surface area (Å²) in [6.45, 7) is 3.55. The molecule has 5 rings (SSSR count). The number of rotatable bonds is 9. The van der Waals surface area contributed by atoms with E-state index in [4.69, 9.17) is 9.47 Å². The Morgan fingerprint density at radius 1 is 1.07 bits per heavy atom. The smallest absolute Gasteiger partial charge is 0.323 e.